The number of rotatable bonds is 3. The molecule has 7 atom stereocenters. The van der Waals surface area contributed by atoms with Crippen LogP contribution in [0.1, 0.15) is 47.7 Å². The SMILES string of the molecule is CN(C)[C@@H]1C(=O)C(C(N)=O)C(=O)[C@@]2(O)C(O)c3c(c(N)c4ccc(C5C=CCC5)c(O)c4c3O)[C@H](O)[C@@H]12. The van der Waals surface area contributed by atoms with Gasteiger partial charge in [-0.1, -0.05) is 24.3 Å². The first kappa shape index (κ1) is 25.2. The molecule has 0 heterocycles. The zero-order chi connectivity index (χ0) is 27.1. The highest BCUT2D eigenvalue weighted by Gasteiger charge is 2.68. The fourth-order valence-electron chi connectivity index (χ4n) is 6.50. The monoisotopic (exact) mass is 511 g/mol. The molecule has 0 radical (unpaired) electrons. The van der Waals surface area contributed by atoms with Gasteiger partial charge >= 0.3 is 0 Å². The van der Waals surface area contributed by atoms with Crippen molar-refractivity contribution in [3.05, 3.63) is 41.0 Å². The van der Waals surface area contributed by atoms with Crippen molar-refractivity contribution in [2.24, 2.45) is 17.6 Å². The molecule has 3 unspecified atom stereocenters. The Hall–Kier alpha value is -3.51. The van der Waals surface area contributed by atoms with E-state index in [9.17, 15) is 39.9 Å². The number of benzene rings is 2. The number of likely N-dealkylation sites (N-methyl/N-ethyl adjacent to an activating group) is 1. The number of fused-ring (bicyclic) bond motifs is 3. The lowest BCUT2D eigenvalue weighted by Gasteiger charge is -2.53. The lowest BCUT2D eigenvalue weighted by Crippen LogP contribution is -2.71. The van der Waals surface area contributed by atoms with Crippen LogP contribution < -0.4 is 11.5 Å². The Balaban J connectivity index is 1.82. The van der Waals surface area contributed by atoms with Crippen LogP contribution >= 0.6 is 0 Å². The zero-order valence-electron chi connectivity index (χ0n) is 20.3. The molecule has 0 bridgehead atoms. The van der Waals surface area contributed by atoms with Gasteiger partial charge in [0.15, 0.2) is 23.1 Å². The van der Waals surface area contributed by atoms with E-state index in [-0.39, 0.29) is 33.7 Å². The van der Waals surface area contributed by atoms with Crippen molar-refractivity contribution in [1.29, 1.82) is 0 Å². The topological polar surface area (TPSA) is 208 Å². The number of Topliss-reactive ketones (excluding diaryl/α,β-unsaturated/α-hetero) is 2. The van der Waals surface area contributed by atoms with Gasteiger partial charge < -0.3 is 37.0 Å². The number of allylic oxidation sites excluding steroid dienone is 2. The molecule has 1 saturated carbocycles. The summed E-state index contributed by atoms with van der Waals surface area (Å²) in [5, 5.41) is 57.2. The molecule has 0 aliphatic heterocycles. The first-order valence-electron chi connectivity index (χ1n) is 11.9. The molecule has 196 valence electrons. The molecule has 0 aromatic heterocycles. The Morgan fingerprint density at radius 3 is 2.35 bits per heavy atom. The number of primary amides is 1. The van der Waals surface area contributed by atoms with Crippen LogP contribution in [0.2, 0.25) is 0 Å². The number of hydrogen-bond acceptors (Lipinski definition) is 10. The highest BCUT2D eigenvalue weighted by atomic mass is 16.4. The summed E-state index contributed by atoms with van der Waals surface area (Å²) in [5.74, 6) is -8.42. The van der Waals surface area contributed by atoms with Gasteiger partial charge in [-0.25, -0.2) is 0 Å². The largest absolute Gasteiger partial charge is 0.507 e. The molecule has 11 nitrogen and oxygen atoms in total. The molecule has 3 aliphatic carbocycles. The predicted octanol–water partition coefficient (Wildman–Crippen LogP) is -0.122. The van der Waals surface area contributed by atoms with Crippen molar-refractivity contribution in [3.63, 3.8) is 0 Å². The summed E-state index contributed by atoms with van der Waals surface area (Å²) >= 11 is 0. The predicted molar refractivity (Wildman–Crippen MR) is 131 cm³/mol. The van der Waals surface area contributed by atoms with Crippen molar-refractivity contribution in [2.45, 2.75) is 42.6 Å². The normalized spacial score (nSPS) is 33.1. The van der Waals surface area contributed by atoms with Crippen molar-refractivity contribution < 1.29 is 39.9 Å². The van der Waals surface area contributed by atoms with E-state index in [0.717, 1.165) is 12.8 Å². The maximum absolute atomic E-state index is 13.4. The average Bonchev–Trinajstić information content (AvgIpc) is 3.35. The second-order valence-electron chi connectivity index (χ2n) is 10.3. The van der Waals surface area contributed by atoms with Gasteiger partial charge in [-0.3, -0.25) is 19.3 Å². The Bertz CT molecular complexity index is 1400. The Labute approximate surface area is 211 Å². The highest BCUT2D eigenvalue weighted by molar-refractivity contribution is 6.24. The molecule has 37 heavy (non-hydrogen) atoms. The summed E-state index contributed by atoms with van der Waals surface area (Å²) in [5.41, 5.74) is 8.64. The van der Waals surface area contributed by atoms with E-state index >= 15 is 0 Å². The van der Waals surface area contributed by atoms with Gasteiger partial charge in [-0.15, -0.1) is 0 Å². The van der Waals surface area contributed by atoms with Gasteiger partial charge in [0.1, 0.15) is 17.6 Å². The maximum atomic E-state index is 13.4. The van der Waals surface area contributed by atoms with Gasteiger partial charge in [0.25, 0.3) is 0 Å². The third kappa shape index (κ3) is 3.11. The minimum absolute atomic E-state index is 0.102. The molecule has 2 aromatic carbocycles. The minimum atomic E-state index is -2.88. The van der Waals surface area contributed by atoms with E-state index < -0.39 is 64.5 Å². The maximum Gasteiger partial charge on any atom is 0.235 e. The Morgan fingerprint density at radius 1 is 1.11 bits per heavy atom. The molecular formula is C26H29N3O8. The van der Waals surface area contributed by atoms with E-state index in [1.165, 1.54) is 19.0 Å². The van der Waals surface area contributed by atoms with Gasteiger partial charge in [-0.05, 0) is 26.9 Å². The van der Waals surface area contributed by atoms with Crippen molar-refractivity contribution in [2.75, 3.05) is 19.8 Å². The van der Waals surface area contributed by atoms with Crippen LogP contribution in [0, 0.1) is 11.8 Å². The number of phenolic OH excluding ortho intramolecular Hbond substituents is 2. The van der Waals surface area contributed by atoms with Crippen LogP contribution in [0.4, 0.5) is 5.69 Å². The number of aliphatic hydroxyl groups is 3. The number of aromatic hydroxyl groups is 2. The molecule has 0 saturated heterocycles. The number of carbonyl (C=O) groups is 3. The Kier molecular flexibility index (Phi) is 5.61. The molecule has 9 N–H and O–H groups in total. The van der Waals surface area contributed by atoms with E-state index in [0.29, 0.717) is 5.56 Å². The molecule has 1 amide bonds. The highest BCUT2D eigenvalue weighted by Crippen LogP contribution is 2.59. The molecular weight excluding hydrogens is 482 g/mol. The van der Waals surface area contributed by atoms with Crippen LogP contribution in [-0.4, -0.2) is 73.6 Å². The van der Waals surface area contributed by atoms with E-state index in [4.69, 9.17) is 11.5 Å². The number of phenols is 2. The first-order chi connectivity index (χ1) is 17.3. The summed E-state index contributed by atoms with van der Waals surface area (Å²) < 4.78 is 0. The second kappa shape index (κ2) is 8.25. The average molecular weight is 512 g/mol. The fourth-order valence-corrected chi connectivity index (χ4v) is 6.50. The quantitative estimate of drug-likeness (QED) is 0.126. The van der Waals surface area contributed by atoms with Crippen LogP contribution in [0.3, 0.4) is 0 Å². The number of nitrogen functional groups attached to an aromatic ring is 1. The van der Waals surface area contributed by atoms with Crippen molar-refractivity contribution in [3.8, 4) is 11.5 Å². The van der Waals surface area contributed by atoms with Gasteiger partial charge in [0.05, 0.1) is 23.4 Å². The van der Waals surface area contributed by atoms with Gasteiger partial charge in [0.2, 0.25) is 5.91 Å². The second-order valence-corrected chi connectivity index (χ2v) is 10.3. The molecule has 2 aromatic rings. The van der Waals surface area contributed by atoms with Crippen LogP contribution in [-0.2, 0) is 14.4 Å². The number of nitrogens with two attached hydrogens (primary N) is 2. The molecule has 1 fully saturated rings. The molecule has 3 aliphatic rings. The zero-order valence-corrected chi connectivity index (χ0v) is 20.3. The summed E-state index contributed by atoms with van der Waals surface area (Å²) in [6.45, 7) is 0. The van der Waals surface area contributed by atoms with Crippen LogP contribution in [0.25, 0.3) is 10.8 Å². The fraction of sp³-hybridized carbons (Fsp3) is 0.423. The van der Waals surface area contributed by atoms with E-state index in [1.54, 1.807) is 12.1 Å². The van der Waals surface area contributed by atoms with Crippen LogP contribution in [0.5, 0.6) is 11.5 Å². The number of anilines is 1. The standard InChI is InChI=1S/C26H29N3O8/c1-29(2)18-16-21(32)13-14(23(34)26(16,37)24(35)15(22(18)33)25(28)36)20(31)12-11(17(13)27)8-7-10(19(12)30)9-5-3-4-6-9/h3,5,7-9,15-16,18,21,23,30-32,34,37H,4,6,27H2,1-2H3,(H2,28,36)/t9?,15?,16-,18+,21+,23?,26+/m1/s1. The number of ketones is 2. The summed E-state index contributed by atoms with van der Waals surface area (Å²) in [7, 11) is 2.90. The smallest absolute Gasteiger partial charge is 0.235 e. The first-order valence-corrected chi connectivity index (χ1v) is 11.9. The molecule has 0 spiro atoms. The lowest BCUT2D eigenvalue weighted by molar-refractivity contribution is -0.202. The van der Waals surface area contributed by atoms with Gasteiger partial charge in [-0.2, -0.15) is 0 Å². The van der Waals surface area contributed by atoms with Crippen LogP contribution in [0.15, 0.2) is 24.3 Å². The van der Waals surface area contributed by atoms with Crippen molar-refractivity contribution >= 4 is 33.9 Å². The number of nitrogens with zero attached hydrogens (tertiary/aromatic N) is 1. The Morgan fingerprint density at radius 2 is 1.78 bits per heavy atom. The number of amides is 1. The molecule has 11 heteroatoms. The molecule has 5 rings (SSSR count). The minimum Gasteiger partial charge on any atom is -0.507 e. The van der Waals surface area contributed by atoms with Gasteiger partial charge in [0, 0.05) is 33.7 Å². The lowest BCUT2D eigenvalue weighted by atomic mass is 9.56. The summed E-state index contributed by atoms with van der Waals surface area (Å²) in [4.78, 5) is 40.0. The van der Waals surface area contributed by atoms with Crippen molar-refractivity contribution in [1.82, 2.24) is 4.90 Å². The summed E-state index contributed by atoms with van der Waals surface area (Å²) in [6, 6.07) is 1.84. The van der Waals surface area contributed by atoms with E-state index in [1.807, 2.05) is 12.2 Å². The third-order valence-electron chi connectivity index (χ3n) is 8.23. The third-order valence-corrected chi connectivity index (χ3v) is 8.23. The van der Waals surface area contributed by atoms with E-state index in [2.05, 4.69) is 0 Å². The summed E-state index contributed by atoms with van der Waals surface area (Å²) in [6.07, 6.45) is 1.43. The number of carbonyl (C=O) groups excluding carboxylic acids is 3. The number of aliphatic hydroxyl groups excluding tert-OH is 2. The number of hydrogen-bond donors (Lipinski definition) is 7.